The fourth-order valence-electron chi connectivity index (χ4n) is 3.42. The molecule has 2 aromatic carbocycles. The number of rotatable bonds is 2. The Labute approximate surface area is 131 Å². The van der Waals surface area contributed by atoms with Crippen molar-refractivity contribution in [3.8, 4) is 0 Å². The Morgan fingerprint density at radius 2 is 1.86 bits per heavy atom. The van der Waals surface area contributed by atoms with Crippen LogP contribution in [0.2, 0.25) is 0 Å². The van der Waals surface area contributed by atoms with E-state index in [-0.39, 0.29) is 0 Å². The van der Waals surface area contributed by atoms with Crippen molar-refractivity contribution in [2.75, 3.05) is 11.9 Å². The van der Waals surface area contributed by atoms with Crippen molar-refractivity contribution in [1.82, 2.24) is 4.98 Å². The number of anilines is 1. The van der Waals surface area contributed by atoms with Gasteiger partial charge in [-0.05, 0) is 0 Å². The Kier molecular flexibility index (Phi) is 3.48. The molecule has 4 rings (SSSR count). The average Bonchev–Trinajstić information content (AvgIpc) is 2.99. The summed E-state index contributed by atoms with van der Waals surface area (Å²) in [5.41, 5.74) is 1.20. The first-order valence-electron chi connectivity index (χ1n) is 7.84. The van der Waals surface area contributed by atoms with Crippen molar-refractivity contribution in [2.24, 2.45) is 0 Å². The van der Waals surface area contributed by atoms with Crippen LogP contribution < -0.4 is 4.90 Å². The van der Waals surface area contributed by atoms with Gasteiger partial charge in [-0.25, -0.2) is 0 Å². The van der Waals surface area contributed by atoms with Gasteiger partial charge >= 0.3 is 131 Å². The van der Waals surface area contributed by atoms with Gasteiger partial charge in [0.25, 0.3) is 0 Å². The summed E-state index contributed by atoms with van der Waals surface area (Å²) in [5, 5.41) is 2.74. The third kappa shape index (κ3) is 2.39. The van der Waals surface area contributed by atoms with Crippen molar-refractivity contribution < 1.29 is 0 Å². The second kappa shape index (κ2) is 5.47. The van der Waals surface area contributed by atoms with Crippen LogP contribution in [0.25, 0.3) is 20.5 Å². The molecule has 1 aliphatic carbocycles. The number of hydrogen-bond donors (Lipinski definition) is 0. The van der Waals surface area contributed by atoms with E-state index in [1.54, 1.807) is 0 Å². The van der Waals surface area contributed by atoms with E-state index >= 15 is 0 Å². The summed E-state index contributed by atoms with van der Waals surface area (Å²) in [5.74, 6) is 0. The normalized spacial score (nSPS) is 16.6. The molecule has 1 aliphatic rings. The molecule has 0 atom stereocenters. The first-order valence-corrected chi connectivity index (χ1v) is 9.55. The molecule has 0 unspecified atom stereocenters. The van der Waals surface area contributed by atoms with Crippen molar-refractivity contribution in [2.45, 2.75) is 38.1 Å². The van der Waals surface area contributed by atoms with Crippen LogP contribution in [0.1, 0.15) is 32.1 Å². The second-order valence-electron chi connectivity index (χ2n) is 6.03. The topological polar surface area (TPSA) is 16.1 Å². The molecular formula is C18H20N2Se. The van der Waals surface area contributed by atoms with E-state index in [1.807, 2.05) is 0 Å². The van der Waals surface area contributed by atoms with Gasteiger partial charge in [-0.3, -0.25) is 0 Å². The molecular weight excluding hydrogens is 323 g/mol. The van der Waals surface area contributed by atoms with Crippen LogP contribution in [0.15, 0.2) is 36.4 Å². The molecule has 3 heteroatoms. The monoisotopic (exact) mass is 344 g/mol. The van der Waals surface area contributed by atoms with Crippen LogP contribution in [-0.4, -0.2) is 32.6 Å². The number of aromatic nitrogens is 1. The van der Waals surface area contributed by atoms with E-state index in [0.717, 1.165) is 0 Å². The van der Waals surface area contributed by atoms with Crippen molar-refractivity contribution >= 4 is 39.7 Å². The SMILES string of the molecule is CN(c1nc2ccc3ccccc3c2[se]1)C1CCCCC1. The number of benzene rings is 2. The first kappa shape index (κ1) is 13.4. The minimum absolute atomic E-state index is 0.350. The van der Waals surface area contributed by atoms with Crippen LogP contribution in [0, 0.1) is 0 Å². The van der Waals surface area contributed by atoms with E-state index in [0.29, 0.717) is 20.5 Å². The van der Waals surface area contributed by atoms with Gasteiger partial charge in [-0.15, -0.1) is 0 Å². The molecule has 108 valence electrons. The Morgan fingerprint density at radius 3 is 2.71 bits per heavy atom. The van der Waals surface area contributed by atoms with Gasteiger partial charge in [0, 0.05) is 0 Å². The molecule has 1 fully saturated rings. The fourth-order valence-corrected chi connectivity index (χ4v) is 5.80. The van der Waals surface area contributed by atoms with Crippen molar-refractivity contribution in [1.29, 1.82) is 0 Å². The molecule has 21 heavy (non-hydrogen) atoms. The maximum atomic E-state index is 4.95. The predicted molar refractivity (Wildman–Crippen MR) is 91.5 cm³/mol. The van der Waals surface area contributed by atoms with Crippen LogP contribution >= 0.6 is 0 Å². The zero-order chi connectivity index (χ0) is 14.2. The molecule has 0 N–H and O–H groups in total. The van der Waals surface area contributed by atoms with E-state index in [9.17, 15) is 0 Å². The Balaban J connectivity index is 1.77. The Morgan fingerprint density at radius 1 is 1.05 bits per heavy atom. The van der Waals surface area contributed by atoms with E-state index < -0.39 is 0 Å². The van der Waals surface area contributed by atoms with Crippen LogP contribution in [0.4, 0.5) is 4.69 Å². The number of fused-ring (bicyclic) bond motifs is 3. The zero-order valence-electron chi connectivity index (χ0n) is 12.4. The summed E-state index contributed by atoms with van der Waals surface area (Å²) in [4.78, 5) is 7.43. The third-order valence-corrected chi connectivity index (χ3v) is 7.20. The summed E-state index contributed by atoms with van der Waals surface area (Å²) in [6.07, 6.45) is 6.84. The summed E-state index contributed by atoms with van der Waals surface area (Å²) in [7, 11) is 2.25. The molecule has 1 saturated carbocycles. The molecule has 3 aromatic rings. The van der Waals surface area contributed by atoms with E-state index in [4.69, 9.17) is 4.98 Å². The van der Waals surface area contributed by atoms with Gasteiger partial charge in [-0.2, -0.15) is 0 Å². The second-order valence-corrected chi connectivity index (χ2v) is 8.09. The minimum atomic E-state index is 0.350. The van der Waals surface area contributed by atoms with Gasteiger partial charge in [0.2, 0.25) is 0 Å². The molecule has 2 nitrogen and oxygen atoms in total. The maximum absolute atomic E-state index is 4.95. The van der Waals surface area contributed by atoms with E-state index in [1.165, 1.54) is 57.3 Å². The summed E-state index contributed by atoms with van der Waals surface area (Å²) >= 11 is 0.350. The van der Waals surface area contributed by atoms with Gasteiger partial charge in [0.1, 0.15) is 0 Å². The van der Waals surface area contributed by atoms with Crippen LogP contribution in [0.3, 0.4) is 0 Å². The molecule has 1 aromatic heterocycles. The van der Waals surface area contributed by atoms with Gasteiger partial charge < -0.3 is 0 Å². The molecule has 0 spiro atoms. The quantitative estimate of drug-likeness (QED) is 0.648. The van der Waals surface area contributed by atoms with Gasteiger partial charge in [0.05, 0.1) is 0 Å². The van der Waals surface area contributed by atoms with Crippen molar-refractivity contribution in [3.63, 3.8) is 0 Å². The third-order valence-electron chi connectivity index (χ3n) is 4.69. The average molecular weight is 343 g/mol. The fraction of sp³-hybridized carbons (Fsp3) is 0.389. The summed E-state index contributed by atoms with van der Waals surface area (Å²) in [6.45, 7) is 0. The molecule has 0 saturated heterocycles. The first-order chi connectivity index (χ1) is 10.3. The number of hydrogen-bond acceptors (Lipinski definition) is 2. The summed E-state index contributed by atoms with van der Waals surface area (Å²) in [6, 6.07) is 13.8. The molecule has 0 amide bonds. The Bertz CT molecular complexity index is 771. The van der Waals surface area contributed by atoms with Crippen molar-refractivity contribution in [3.05, 3.63) is 36.4 Å². The summed E-state index contributed by atoms with van der Waals surface area (Å²) < 4.78 is 2.79. The van der Waals surface area contributed by atoms with E-state index in [2.05, 4.69) is 48.3 Å². The predicted octanol–water partition coefficient (Wildman–Crippen LogP) is 4.21. The van der Waals surface area contributed by atoms with Gasteiger partial charge in [-0.1, -0.05) is 0 Å². The molecule has 0 aliphatic heterocycles. The Hall–Kier alpha value is -1.31. The standard InChI is InChI=1S/C18H20N2Se/c1-20(14-8-3-2-4-9-14)18-19-16-12-11-13-7-5-6-10-15(13)17(16)21-18/h5-7,10-12,14H,2-4,8-9H2,1H3. The molecule has 0 bridgehead atoms. The molecule has 1 heterocycles. The van der Waals surface area contributed by atoms with Crippen LogP contribution in [-0.2, 0) is 0 Å². The zero-order valence-corrected chi connectivity index (χ0v) is 14.1. The molecule has 0 radical (unpaired) electrons. The van der Waals surface area contributed by atoms with Crippen LogP contribution in [0.5, 0.6) is 0 Å². The van der Waals surface area contributed by atoms with Gasteiger partial charge in [0.15, 0.2) is 0 Å². The number of nitrogens with zero attached hydrogens (tertiary/aromatic N) is 2.